The minimum Gasteiger partial charge on any atom is -0.431 e. The molecule has 1 fully saturated rings. The number of esters is 1. The summed E-state index contributed by atoms with van der Waals surface area (Å²) in [5.41, 5.74) is 3.15. The van der Waals surface area contributed by atoms with Crippen molar-refractivity contribution in [2.45, 2.75) is 6.29 Å². The van der Waals surface area contributed by atoms with Crippen LogP contribution in [0.3, 0.4) is 0 Å². The number of carbonyl (C=O) groups is 1. The molecule has 1 aliphatic carbocycles. The molecule has 0 saturated carbocycles. The molecular weight excluding hydrogens is 144 g/mol. The van der Waals surface area contributed by atoms with Gasteiger partial charge in [-0.2, -0.15) is 0 Å². The molecule has 2 rings (SSSR count). The summed E-state index contributed by atoms with van der Waals surface area (Å²) in [5.74, 6) is -0.782. The summed E-state index contributed by atoms with van der Waals surface area (Å²) in [7, 11) is 0. The number of cyclic esters (lactones) is 1. The van der Waals surface area contributed by atoms with E-state index in [0.717, 1.165) is 0 Å². The first-order valence-electron chi connectivity index (χ1n) is 3.31. The molecule has 1 saturated heterocycles. The lowest BCUT2D eigenvalue weighted by Crippen LogP contribution is -2.13. The Morgan fingerprint density at radius 3 is 3.18 bits per heavy atom. The zero-order chi connectivity index (χ0) is 7.84. The lowest BCUT2D eigenvalue weighted by Gasteiger charge is -2.06. The van der Waals surface area contributed by atoms with Gasteiger partial charge in [-0.15, -0.1) is 5.73 Å². The van der Waals surface area contributed by atoms with E-state index in [1.54, 1.807) is 18.2 Å². The SMILES string of the molecule is O=C1OC(O)C2C=CC=C=C12. The van der Waals surface area contributed by atoms with E-state index in [1.807, 2.05) is 0 Å². The van der Waals surface area contributed by atoms with Crippen molar-refractivity contribution in [1.29, 1.82) is 0 Å². The summed E-state index contributed by atoms with van der Waals surface area (Å²) >= 11 is 0. The van der Waals surface area contributed by atoms with Crippen LogP contribution in [0.2, 0.25) is 0 Å². The van der Waals surface area contributed by atoms with Gasteiger partial charge < -0.3 is 9.84 Å². The van der Waals surface area contributed by atoms with E-state index >= 15 is 0 Å². The van der Waals surface area contributed by atoms with Gasteiger partial charge in [0.05, 0.1) is 11.5 Å². The molecule has 2 unspecified atom stereocenters. The molecule has 0 spiro atoms. The van der Waals surface area contributed by atoms with Crippen molar-refractivity contribution in [2.75, 3.05) is 0 Å². The highest BCUT2D eigenvalue weighted by Gasteiger charge is 2.37. The molecule has 3 heteroatoms. The summed E-state index contributed by atoms with van der Waals surface area (Å²) < 4.78 is 4.55. The summed E-state index contributed by atoms with van der Waals surface area (Å²) in [6.07, 6.45) is 4.07. The van der Waals surface area contributed by atoms with Crippen LogP contribution in [0.15, 0.2) is 29.5 Å². The molecule has 0 aromatic carbocycles. The van der Waals surface area contributed by atoms with Crippen LogP contribution in [0.4, 0.5) is 0 Å². The molecule has 0 aromatic heterocycles. The van der Waals surface area contributed by atoms with E-state index in [-0.39, 0.29) is 5.92 Å². The highest BCUT2D eigenvalue weighted by atomic mass is 16.6. The van der Waals surface area contributed by atoms with Gasteiger partial charge in [-0.1, -0.05) is 12.2 Å². The quantitative estimate of drug-likeness (QED) is 0.394. The van der Waals surface area contributed by atoms with Crippen LogP contribution in [0.5, 0.6) is 0 Å². The number of rotatable bonds is 0. The maximum atomic E-state index is 10.9. The summed E-state index contributed by atoms with van der Waals surface area (Å²) in [5, 5.41) is 9.13. The second-order valence-corrected chi connectivity index (χ2v) is 2.43. The van der Waals surface area contributed by atoms with Crippen molar-refractivity contribution in [1.82, 2.24) is 0 Å². The van der Waals surface area contributed by atoms with Gasteiger partial charge >= 0.3 is 5.97 Å². The van der Waals surface area contributed by atoms with Crippen molar-refractivity contribution in [2.24, 2.45) is 5.92 Å². The molecule has 0 aromatic rings. The topological polar surface area (TPSA) is 46.5 Å². The van der Waals surface area contributed by atoms with Crippen LogP contribution in [0.1, 0.15) is 0 Å². The van der Waals surface area contributed by atoms with Crippen LogP contribution in [0.25, 0.3) is 0 Å². The number of hydrogen-bond donors (Lipinski definition) is 1. The van der Waals surface area contributed by atoms with Gasteiger partial charge in [0, 0.05) is 0 Å². The van der Waals surface area contributed by atoms with Crippen molar-refractivity contribution < 1.29 is 14.6 Å². The molecule has 3 nitrogen and oxygen atoms in total. The zero-order valence-electron chi connectivity index (χ0n) is 5.65. The Balaban J connectivity index is 2.48. The Morgan fingerprint density at radius 1 is 1.64 bits per heavy atom. The second-order valence-electron chi connectivity index (χ2n) is 2.43. The number of fused-ring (bicyclic) bond motifs is 1. The van der Waals surface area contributed by atoms with Crippen molar-refractivity contribution >= 4 is 5.97 Å². The normalized spacial score (nSPS) is 33.2. The first kappa shape index (κ1) is 6.40. The molecule has 1 N–H and O–H groups in total. The largest absolute Gasteiger partial charge is 0.431 e. The molecule has 11 heavy (non-hydrogen) atoms. The van der Waals surface area contributed by atoms with Gasteiger partial charge in [0.2, 0.25) is 6.29 Å². The van der Waals surface area contributed by atoms with E-state index in [1.165, 1.54) is 0 Å². The van der Waals surface area contributed by atoms with Crippen LogP contribution in [-0.4, -0.2) is 17.4 Å². The van der Waals surface area contributed by atoms with Crippen molar-refractivity contribution in [3.05, 3.63) is 29.5 Å². The van der Waals surface area contributed by atoms with E-state index < -0.39 is 12.3 Å². The monoisotopic (exact) mass is 150 g/mol. The number of carbonyl (C=O) groups excluding carboxylic acids is 1. The smallest absolute Gasteiger partial charge is 0.345 e. The van der Waals surface area contributed by atoms with E-state index in [2.05, 4.69) is 10.5 Å². The van der Waals surface area contributed by atoms with E-state index in [4.69, 9.17) is 5.11 Å². The van der Waals surface area contributed by atoms with E-state index in [9.17, 15) is 4.79 Å². The lowest BCUT2D eigenvalue weighted by molar-refractivity contribution is -0.153. The maximum Gasteiger partial charge on any atom is 0.345 e. The predicted molar refractivity (Wildman–Crippen MR) is 36.3 cm³/mol. The fourth-order valence-electron chi connectivity index (χ4n) is 1.18. The summed E-state index contributed by atoms with van der Waals surface area (Å²) in [6, 6.07) is 0. The summed E-state index contributed by atoms with van der Waals surface area (Å²) in [6.45, 7) is 0. The lowest BCUT2D eigenvalue weighted by atomic mass is 9.99. The minimum atomic E-state index is -1.02. The maximum absolute atomic E-state index is 10.9. The molecule has 0 amide bonds. The third kappa shape index (κ3) is 0.827. The first-order chi connectivity index (χ1) is 5.29. The number of ether oxygens (including phenoxy) is 1. The molecular formula is C8H6O3. The van der Waals surface area contributed by atoms with Crippen LogP contribution >= 0.6 is 0 Å². The molecule has 1 aliphatic heterocycles. The number of allylic oxidation sites excluding steroid dienone is 1. The number of aliphatic hydroxyl groups excluding tert-OH is 1. The van der Waals surface area contributed by atoms with Crippen LogP contribution in [-0.2, 0) is 9.53 Å². The first-order valence-corrected chi connectivity index (χ1v) is 3.31. The standard InChI is InChI=1S/C8H6O3/c9-7-5-3-1-2-4-6(5)8(10)11-7/h1-3,5,7,9H. The molecule has 1 heterocycles. The molecule has 0 radical (unpaired) electrons. The fraction of sp³-hybridized carbons (Fsp3) is 0.250. The third-order valence-electron chi connectivity index (χ3n) is 1.74. The minimum absolute atomic E-state index is 0.313. The van der Waals surface area contributed by atoms with Gasteiger partial charge in [-0.3, -0.25) is 0 Å². The Morgan fingerprint density at radius 2 is 2.45 bits per heavy atom. The average Bonchev–Trinajstić information content (AvgIpc) is 2.30. The van der Waals surface area contributed by atoms with Crippen molar-refractivity contribution in [3.8, 4) is 0 Å². The molecule has 2 atom stereocenters. The highest BCUT2D eigenvalue weighted by Crippen LogP contribution is 2.28. The van der Waals surface area contributed by atoms with Gasteiger partial charge in [-0.05, 0) is 6.08 Å². The number of aliphatic hydroxyl groups is 1. The Kier molecular flexibility index (Phi) is 1.22. The van der Waals surface area contributed by atoms with Gasteiger partial charge in [0.15, 0.2) is 0 Å². The molecule has 2 aliphatic rings. The molecule has 0 bridgehead atoms. The molecule has 56 valence electrons. The van der Waals surface area contributed by atoms with Gasteiger partial charge in [-0.25, -0.2) is 4.79 Å². The van der Waals surface area contributed by atoms with Gasteiger partial charge in [0.25, 0.3) is 0 Å². The Labute approximate surface area is 63.3 Å². The zero-order valence-corrected chi connectivity index (χ0v) is 5.65. The number of hydrogen-bond acceptors (Lipinski definition) is 3. The summed E-state index contributed by atoms with van der Waals surface area (Å²) in [4.78, 5) is 10.9. The average molecular weight is 150 g/mol. The van der Waals surface area contributed by atoms with Gasteiger partial charge in [0.1, 0.15) is 0 Å². The predicted octanol–water partition coefficient (Wildman–Crippen LogP) is 0.129. The Hall–Kier alpha value is -1.31. The van der Waals surface area contributed by atoms with Crippen LogP contribution in [0, 0.1) is 5.92 Å². The van der Waals surface area contributed by atoms with Crippen molar-refractivity contribution in [3.63, 3.8) is 0 Å². The highest BCUT2D eigenvalue weighted by molar-refractivity contribution is 5.91. The Bertz CT molecular complexity index is 294. The third-order valence-corrected chi connectivity index (χ3v) is 1.74. The fourth-order valence-corrected chi connectivity index (χ4v) is 1.18. The second kappa shape index (κ2) is 2.09. The van der Waals surface area contributed by atoms with E-state index in [0.29, 0.717) is 5.57 Å². The van der Waals surface area contributed by atoms with Crippen LogP contribution < -0.4 is 0 Å².